The van der Waals surface area contributed by atoms with E-state index in [0.29, 0.717) is 26.2 Å². The van der Waals surface area contributed by atoms with Crippen LogP contribution in [0.2, 0.25) is 5.02 Å². The molecule has 0 radical (unpaired) electrons. The standard InChI is InChI=1S/C14H21ClN2O3S/c1-2-20-12-4-3-7-17(10-12)21(18,19)14-6-5-11(9-16)8-13(14)15/h5-6,8,12H,2-4,7,9-10,16H2,1H3. The van der Waals surface area contributed by atoms with E-state index in [1.165, 1.54) is 10.4 Å². The van der Waals surface area contributed by atoms with Crippen LogP contribution in [0.1, 0.15) is 25.3 Å². The number of piperidine rings is 1. The smallest absolute Gasteiger partial charge is 0.244 e. The lowest BCUT2D eigenvalue weighted by Crippen LogP contribution is -2.43. The topological polar surface area (TPSA) is 72.6 Å². The molecule has 1 unspecified atom stereocenters. The van der Waals surface area contributed by atoms with E-state index in [1.54, 1.807) is 12.1 Å². The molecule has 1 aliphatic heterocycles. The summed E-state index contributed by atoms with van der Waals surface area (Å²) in [6.07, 6.45) is 1.64. The van der Waals surface area contributed by atoms with Crippen molar-refractivity contribution in [2.75, 3.05) is 19.7 Å². The second kappa shape index (κ2) is 7.07. The predicted octanol–water partition coefficient (Wildman–Crippen LogP) is 1.99. The monoisotopic (exact) mass is 332 g/mol. The van der Waals surface area contributed by atoms with Crippen molar-refractivity contribution in [1.82, 2.24) is 4.31 Å². The van der Waals surface area contributed by atoms with Gasteiger partial charge in [0.05, 0.1) is 11.1 Å². The first-order valence-electron chi connectivity index (χ1n) is 7.09. The van der Waals surface area contributed by atoms with Crippen molar-refractivity contribution in [3.63, 3.8) is 0 Å². The van der Waals surface area contributed by atoms with Crippen LogP contribution in [-0.2, 0) is 21.3 Å². The molecule has 0 spiro atoms. The minimum atomic E-state index is -3.59. The van der Waals surface area contributed by atoms with E-state index in [-0.39, 0.29) is 16.0 Å². The molecule has 1 fully saturated rings. The SMILES string of the molecule is CCOC1CCCN(S(=O)(=O)c2ccc(CN)cc2Cl)C1. The van der Waals surface area contributed by atoms with Crippen molar-refractivity contribution in [2.24, 2.45) is 5.73 Å². The normalized spacial score (nSPS) is 20.6. The number of nitrogens with zero attached hydrogens (tertiary/aromatic N) is 1. The van der Waals surface area contributed by atoms with Crippen molar-refractivity contribution in [1.29, 1.82) is 0 Å². The van der Waals surface area contributed by atoms with Crippen LogP contribution >= 0.6 is 11.6 Å². The molecule has 0 aliphatic carbocycles. The van der Waals surface area contributed by atoms with Crippen molar-refractivity contribution < 1.29 is 13.2 Å². The van der Waals surface area contributed by atoms with Crippen LogP contribution in [0, 0.1) is 0 Å². The van der Waals surface area contributed by atoms with Gasteiger partial charge in [-0.25, -0.2) is 8.42 Å². The molecule has 2 N–H and O–H groups in total. The van der Waals surface area contributed by atoms with Crippen LogP contribution in [0.5, 0.6) is 0 Å². The summed E-state index contributed by atoms with van der Waals surface area (Å²) < 4.78 is 32.4. The summed E-state index contributed by atoms with van der Waals surface area (Å²) in [5, 5.41) is 0.219. The molecule has 0 saturated carbocycles. The molecule has 2 rings (SSSR count). The van der Waals surface area contributed by atoms with Gasteiger partial charge in [0.2, 0.25) is 10.0 Å². The number of sulfonamides is 1. The molecule has 7 heteroatoms. The van der Waals surface area contributed by atoms with Gasteiger partial charge in [-0.3, -0.25) is 0 Å². The van der Waals surface area contributed by atoms with E-state index in [0.717, 1.165) is 18.4 Å². The van der Waals surface area contributed by atoms with Gasteiger partial charge in [0, 0.05) is 26.2 Å². The van der Waals surface area contributed by atoms with Gasteiger partial charge < -0.3 is 10.5 Å². The summed E-state index contributed by atoms with van der Waals surface area (Å²) in [7, 11) is -3.59. The Morgan fingerprint density at radius 2 is 2.24 bits per heavy atom. The van der Waals surface area contributed by atoms with Gasteiger partial charge in [-0.2, -0.15) is 4.31 Å². The van der Waals surface area contributed by atoms with Crippen molar-refractivity contribution >= 4 is 21.6 Å². The fourth-order valence-corrected chi connectivity index (χ4v) is 4.57. The fourth-order valence-electron chi connectivity index (χ4n) is 2.51. The molecule has 0 aromatic heterocycles. The largest absolute Gasteiger partial charge is 0.377 e. The number of benzene rings is 1. The zero-order valence-corrected chi connectivity index (χ0v) is 13.7. The summed E-state index contributed by atoms with van der Waals surface area (Å²) in [5.41, 5.74) is 6.35. The molecule has 21 heavy (non-hydrogen) atoms. The van der Waals surface area contributed by atoms with E-state index in [1.807, 2.05) is 6.92 Å². The first-order chi connectivity index (χ1) is 9.98. The highest BCUT2D eigenvalue weighted by molar-refractivity contribution is 7.89. The molecule has 1 aromatic rings. The lowest BCUT2D eigenvalue weighted by Gasteiger charge is -2.31. The van der Waals surface area contributed by atoms with Crippen LogP contribution in [0.3, 0.4) is 0 Å². The number of nitrogens with two attached hydrogens (primary N) is 1. The lowest BCUT2D eigenvalue weighted by molar-refractivity contribution is 0.0265. The van der Waals surface area contributed by atoms with Crippen LogP contribution in [0.4, 0.5) is 0 Å². The molecule has 1 saturated heterocycles. The predicted molar refractivity (Wildman–Crippen MR) is 82.8 cm³/mol. The fraction of sp³-hybridized carbons (Fsp3) is 0.571. The Morgan fingerprint density at radius 1 is 1.48 bits per heavy atom. The van der Waals surface area contributed by atoms with Gasteiger partial charge >= 0.3 is 0 Å². The Kier molecular flexibility index (Phi) is 5.62. The molecule has 1 aliphatic rings. The van der Waals surface area contributed by atoms with Gasteiger partial charge in [-0.05, 0) is 37.5 Å². The molecular formula is C14H21ClN2O3S. The third kappa shape index (κ3) is 3.76. The van der Waals surface area contributed by atoms with Gasteiger partial charge in [-0.15, -0.1) is 0 Å². The van der Waals surface area contributed by atoms with Gasteiger partial charge in [0.1, 0.15) is 4.90 Å². The van der Waals surface area contributed by atoms with E-state index in [9.17, 15) is 8.42 Å². The molecule has 118 valence electrons. The maximum atomic E-state index is 12.7. The average Bonchev–Trinajstić information content (AvgIpc) is 2.47. The first-order valence-corrected chi connectivity index (χ1v) is 8.91. The molecule has 1 aromatic carbocycles. The summed E-state index contributed by atoms with van der Waals surface area (Å²) in [6, 6.07) is 4.84. The summed E-state index contributed by atoms with van der Waals surface area (Å²) in [6.45, 7) is 3.71. The number of rotatable bonds is 5. The van der Waals surface area contributed by atoms with Gasteiger partial charge in [0.25, 0.3) is 0 Å². The molecule has 0 bridgehead atoms. The van der Waals surface area contributed by atoms with E-state index in [4.69, 9.17) is 22.1 Å². The van der Waals surface area contributed by atoms with Crippen LogP contribution < -0.4 is 5.73 Å². The highest BCUT2D eigenvalue weighted by atomic mass is 35.5. The number of ether oxygens (including phenoxy) is 1. The van der Waals surface area contributed by atoms with E-state index < -0.39 is 10.0 Å². The Hall–Kier alpha value is -0.660. The Bertz CT molecular complexity index is 590. The third-order valence-corrected chi connectivity index (χ3v) is 5.94. The summed E-state index contributed by atoms with van der Waals surface area (Å²) >= 11 is 6.12. The van der Waals surface area contributed by atoms with E-state index in [2.05, 4.69) is 0 Å². The Labute approximate surface area is 131 Å². The summed E-state index contributed by atoms with van der Waals surface area (Å²) in [5.74, 6) is 0. The molecule has 1 heterocycles. The first kappa shape index (κ1) is 16.7. The molecule has 1 atom stereocenters. The quantitative estimate of drug-likeness (QED) is 0.895. The van der Waals surface area contributed by atoms with Crippen LogP contribution in [0.15, 0.2) is 23.1 Å². The Morgan fingerprint density at radius 3 is 2.86 bits per heavy atom. The van der Waals surface area contributed by atoms with Crippen LogP contribution in [0.25, 0.3) is 0 Å². The summed E-state index contributed by atoms with van der Waals surface area (Å²) in [4.78, 5) is 0.138. The molecule has 5 nitrogen and oxygen atoms in total. The minimum Gasteiger partial charge on any atom is -0.377 e. The second-order valence-electron chi connectivity index (χ2n) is 5.05. The molecule has 0 amide bonds. The van der Waals surface area contributed by atoms with Crippen molar-refractivity contribution in [3.8, 4) is 0 Å². The lowest BCUT2D eigenvalue weighted by atomic mass is 10.1. The zero-order valence-electron chi connectivity index (χ0n) is 12.1. The highest BCUT2D eigenvalue weighted by Crippen LogP contribution is 2.28. The minimum absolute atomic E-state index is 0.0411. The highest BCUT2D eigenvalue weighted by Gasteiger charge is 2.31. The van der Waals surface area contributed by atoms with Gasteiger partial charge in [-0.1, -0.05) is 17.7 Å². The maximum Gasteiger partial charge on any atom is 0.244 e. The number of hydrogen-bond donors (Lipinski definition) is 1. The van der Waals surface area contributed by atoms with Crippen LogP contribution in [-0.4, -0.2) is 38.5 Å². The van der Waals surface area contributed by atoms with Crippen molar-refractivity contribution in [3.05, 3.63) is 28.8 Å². The van der Waals surface area contributed by atoms with Gasteiger partial charge in [0.15, 0.2) is 0 Å². The maximum absolute atomic E-state index is 12.7. The van der Waals surface area contributed by atoms with Crippen molar-refractivity contribution in [2.45, 2.75) is 37.3 Å². The number of halogens is 1. The van der Waals surface area contributed by atoms with E-state index >= 15 is 0 Å². The number of hydrogen-bond acceptors (Lipinski definition) is 4. The zero-order chi connectivity index (χ0) is 15.5. The molecular weight excluding hydrogens is 312 g/mol. The average molecular weight is 333 g/mol. The third-order valence-electron chi connectivity index (χ3n) is 3.59. The Balaban J connectivity index is 2.25. The second-order valence-corrected chi connectivity index (χ2v) is 7.37.